The van der Waals surface area contributed by atoms with Gasteiger partial charge >= 0.3 is 0 Å². The molecule has 0 amide bonds. The standard InChI is InChI=1S/C24H24S/c1-24(2,3)16-18-13-11-17(12-14-18)15-19-7-6-9-21-20-8-4-5-10-22(20)25-23(19)21/h4-14H,15-16H2,1-3H3. The summed E-state index contributed by atoms with van der Waals surface area (Å²) in [5.74, 6) is 0. The zero-order valence-electron chi connectivity index (χ0n) is 15.2. The van der Waals surface area contributed by atoms with Gasteiger partial charge in [0.2, 0.25) is 0 Å². The summed E-state index contributed by atoms with van der Waals surface area (Å²) in [6, 6.07) is 24.7. The van der Waals surface area contributed by atoms with Gasteiger partial charge in [0.25, 0.3) is 0 Å². The van der Waals surface area contributed by atoms with E-state index in [9.17, 15) is 0 Å². The maximum atomic E-state index is 2.30. The third-order valence-electron chi connectivity index (χ3n) is 4.64. The van der Waals surface area contributed by atoms with E-state index in [2.05, 4.69) is 87.5 Å². The van der Waals surface area contributed by atoms with Crippen molar-refractivity contribution in [3.63, 3.8) is 0 Å². The van der Waals surface area contributed by atoms with Crippen LogP contribution in [0.5, 0.6) is 0 Å². The molecule has 0 spiro atoms. The highest BCUT2D eigenvalue weighted by atomic mass is 32.1. The summed E-state index contributed by atoms with van der Waals surface area (Å²) in [4.78, 5) is 0. The van der Waals surface area contributed by atoms with Crippen LogP contribution in [0.3, 0.4) is 0 Å². The van der Waals surface area contributed by atoms with Crippen molar-refractivity contribution in [3.05, 3.63) is 83.4 Å². The molecule has 3 aromatic carbocycles. The molecule has 0 nitrogen and oxygen atoms in total. The summed E-state index contributed by atoms with van der Waals surface area (Å²) < 4.78 is 2.81. The average Bonchev–Trinajstić information content (AvgIpc) is 2.95. The first kappa shape index (κ1) is 16.4. The molecule has 1 heteroatoms. The molecule has 0 aliphatic rings. The van der Waals surface area contributed by atoms with Gasteiger partial charge in [0.1, 0.15) is 0 Å². The molecule has 0 aliphatic carbocycles. The largest absolute Gasteiger partial charge is 0.135 e. The van der Waals surface area contributed by atoms with E-state index in [-0.39, 0.29) is 0 Å². The van der Waals surface area contributed by atoms with Crippen LogP contribution in [0.25, 0.3) is 20.2 Å². The van der Waals surface area contributed by atoms with Crippen LogP contribution in [0.2, 0.25) is 0 Å². The van der Waals surface area contributed by atoms with Crippen LogP contribution in [0.1, 0.15) is 37.5 Å². The lowest BCUT2D eigenvalue weighted by Crippen LogP contribution is -2.08. The van der Waals surface area contributed by atoms with E-state index < -0.39 is 0 Å². The van der Waals surface area contributed by atoms with Crippen molar-refractivity contribution in [3.8, 4) is 0 Å². The van der Waals surface area contributed by atoms with Crippen molar-refractivity contribution in [2.45, 2.75) is 33.6 Å². The lowest BCUT2D eigenvalue weighted by molar-refractivity contribution is 0.411. The highest BCUT2D eigenvalue weighted by molar-refractivity contribution is 7.26. The molecule has 126 valence electrons. The van der Waals surface area contributed by atoms with Crippen LogP contribution >= 0.6 is 11.3 Å². The van der Waals surface area contributed by atoms with E-state index in [0.717, 1.165) is 12.8 Å². The van der Waals surface area contributed by atoms with E-state index >= 15 is 0 Å². The average molecular weight is 345 g/mol. The van der Waals surface area contributed by atoms with Crippen LogP contribution in [-0.2, 0) is 12.8 Å². The molecule has 0 unspecified atom stereocenters. The fraction of sp³-hybridized carbons (Fsp3) is 0.250. The third-order valence-corrected chi connectivity index (χ3v) is 5.90. The molecule has 1 heterocycles. The first-order valence-electron chi connectivity index (χ1n) is 8.97. The Kier molecular flexibility index (Phi) is 4.13. The minimum atomic E-state index is 0.337. The highest BCUT2D eigenvalue weighted by Crippen LogP contribution is 2.36. The second-order valence-electron chi connectivity index (χ2n) is 8.12. The molecule has 0 aliphatic heterocycles. The molecular formula is C24H24S. The van der Waals surface area contributed by atoms with E-state index in [0.29, 0.717) is 5.41 Å². The Morgan fingerprint density at radius 1 is 0.720 bits per heavy atom. The van der Waals surface area contributed by atoms with Crippen molar-refractivity contribution in [2.75, 3.05) is 0 Å². The molecule has 0 N–H and O–H groups in total. The Balaban J connectivity index is 1.66. The maximum Gasteiger partial charge on any atom is 0.0390 e. The lowest BCUT2D eigenvalue weighted by Gasteiger charge is -2.18. The quantitative estimate of drug-likeness (QED) is 0.367. The summed E-state index contributed by atoms with van der Waals surface area (Å²) in [6.07, 6.45) is 2.12. The Morgan fingerprint density at radius 3 is 2.16 bits per heavy atom. The van der Waals surface area contributed by atoms with Gasteiger partial charge in [-0.2, -0.15) is 0 Å². The summed E-state index contributed by atoms with van der Waals surface area (Å²) in [5, 5.41) is 2.77. The number of thiophene rings is 1. The van der Waals surface area contributed by atoms with Crippen LogP contribution in [0.15, 0.2) is 66.7 Å². The van der Waals surface area contributed by atoms with Crippen LogP contribution < -0.4 is 0 Å². The normalized spacial score (nSPS) is 12.1. The molecule has 0 bridgehead atoms. The SMILES string of the molecule is CC(C)(C)Cc1ccc(Cc2cccc3c2sc2ccccc23)cc1. The minimum Gasteiger partial charge on any atom is -0.135 e. The summed E-state index contributed by atoms with van der Waals surface area (Å²) in [7, 11) is 0. The Labute approximate surface area is 154 Å². The monoisotopic (exact) mass is 344 g/mol. The van der Waals surface area contributed by atoms with Crippen LogP contribution in [0.4, 0.5) is 0 Å². The first-order valence-corrected chi connectivity index (χ1v) is 9.78. The molecule has 25 heavy (non-hydrogen) atoms. The number of fused-ring (bicyclic) bond motifs is 3. The maximum absolute atomic E-state index is 2.30. The number of hydrogen-bond acceptors (Lipinski definition) is 1. The fourth-order valence-corrected chi connectivity index (χ4v) is 4.77. The van der Waals surface area contributed by atoms with Gasteiger partial charge in [-0.25, -0.2) is 0 Å². The zero-order valence-corrected chi connectivity index (χ0v) is 16.0. The van der Waals surface area contributed by atoms with Gasteiger partial charge in [0.05, 0.1) is 0 Å². The second kappa shape index (κ2) is 6.31. The van der Waals surface area contributed by atoms with Crippen molar-refractivity contribution in [1.29, 1.82) is 0 Å². The molecular weight excluding hydrogens is 320 g/mol. The zero-order chi connectivity index (χ0) is 17.4. The molecule has 0 saturated heterocycles. The molecule has 0 radical (unpaired) electrons. The van der Waals surface area contributed by atoms with Crippen molar-refractivity contribution < 1.29 is 0 Å². The van der Waals surface area contributed by atoms with Gasteiger partial charge in [0.15, 0.2) is 0 Å². The third kappa shape index (κ3) is 3.48. The van der Waals surface area contributed by atoms with Gasteiger partial charge in [-0.1, -0.05) is 81.4 Å². The van der Waals surface area contributed by atoms with Crippen molar-refractivity contribution in [1.82, 2.24) is 0 Å². The molecule has 0 atom stereocenters. The Hall–Kier alpha value is -2.12. The Bertz CT molecular complexity index is 1010. The summed E-state index contributed by atoms with van der Waals surface area (Å²) >= 11 is 1.92. The molecule has 4 aromatic rings. The summed E-state index contributed by atoms with van der Waals surface area (Å²) in [6.45, 7) is 6.88. The van der Waals surface area contributed by atoms with E-state index in [4.69, 9.17) is 0 Å². The van der Waals surface area contributed by atoms with Crippen LogP contribution in [-0.4, -0.2) is 0 Å². The van der Waals surface area contributed by atoms with Gasteiger partial charge in [-0.3, -0.25) is 0 Å². The predicted molar refractivity (Wildman–Crippen MR) is 112 cm³/mol. The van der Waals surface area contributed by atoms with Crippen molar-refractivity contribution >= 4 is 31.5 Å². The van der Waals surface area contributed by atoms with Crippen LogP contribution in [0, 0.1) is 5.41 Å². The van der Waals surface area contributed by atoms with E-state index in [1.807, 2.05) is 11.3 Å². The second-order valence-corrected chi connectivity index (χ2v) is 9.17. The molecule has 1 aromatic heterocycles. The van der Waals surface area contributed by atoms with Gasteiger partial charge < -0.3 is 0 Å². The number of rotatable bonds is 3. The van der Waals surface area contributed by atoms with Gasteiger partial charge in [-0.15, -0.1) is 11.3 Å². The minimum absolute atomic E-state index is 0.337. The summed E-state index contributed by atoms with van der Waals surface area (Å²) in [5.41, 5.74) is 4.59. The van der Waals surface area contributed by atoms with Gasteiger partial charge in [-0.05, 0) is 41.0 Å². The molecule has 4 rings (SSSR count). The fourth-order valence-electron chi connectivity index (χ4n) is 3.55. The topological polar surface area (TPSA) is 0 Å². The Morgan fingerprint density at radius 2 is 1.40 bits per heavy atom. The molecule has 0 saturated carbocycles. The number of benzene rings is 3. The lowest BCUT2D eigenvalue weighted by atomic mass is 9.88. The predicted octanol–water partition coefficient (Wildman–Crippen LogP) is 7.23. The van der Waals surface area contributed by atoms with Gasteiger partial charge in [0, 0.05) is 20.2 Å². The first-order chi connectivity index (χ1) is 12.0. The highest BCUT2D eigenvalue weighted by Gasteiger charge is 2.12. The number of hydrogen-bond donors (Lipinski definition) is 0. The molecule has 0 fully saturated rings. The van der Waals surface area contributed by atoms with E-state index in [1.54, 1.807) is 0 Å². The van der Waals surface area contributed by atoms with Crippen molar-refractivity contribution in [2.24, 2.45) is 5.41 Å². The van der Waals surface area contributed by atoms with E-state index in [1.165, 1.54) is 36.9 Å². The smallest absolute Gasteiger partial charge is 0.0390 e.